The number of aliphatic hydroxyl groups excluding tert-OH is 1. The predicted molar refractivity (Wildman–Crippen MR) is 81.8 cm³/mol. The van der Waals surface area contributed by atoms with E-state index in [0.29, 0.717) is 12.0 Å². The van der Waals surface area contributed by atoms with E-state index in [0.717, 1.165) is 0 Å². The molecule has 2 N–H and O–H groups in total. The van der Waals surface area contributed by atoms with Gasteiger partial charge in [-0.25, -0.2) is 4.39 Å². The Morgan fingerprint density at radius 3 is 2.68 bits per heavy atom. The highest BCUT2D eigenvalue weighted by Gasteiger charge is 2.46. The van der Waals surface area contributed by atoms with E-state index in [1.54, 1.807) is 6.07 Å². The van der Waals surface area contributed by atoms with Gasteiger partial charge in [0.05, 0.1) is 29.8 Å². The number of carbonyl (C=O) groups excluding carboxylic acids is 1. The summed E-state index contributed by atoms with van der Waals surface area (Å²) < 4.78 is 19.1. The summed E-state index contributed by atoms with van der Waals surface area (Å²) in [6, 6.07) is 5.55. The van der Waals surface area contributed by atoms with E-state index in [2.05, 4.69) is 5.32 Å². The number of ether oxygens (including phenoxy) is 1. The van der Waals surface area contributed by atoms with Crippen LogP contribution in [-0.4, -0.2) is 28.3 Å². The van der Waals surface area contributed by atoms with Crippen LogP contribution in [-0.2, 0) is 9.53 Å². The average Bonchev–Trinajstić information content (AvgIpc) is 2.56. The molecule has 1 aliphatic rings. The fourth-order valence-electron chi connectivity index (χ4n) is 3.05. The van der Waals surface area contributed by atoms with Gasteiger partial charge in [-0.15, -0.1) is 0 Å². The van der Waals surface area contributed by atoms with Crippen LogP contribution in [0.4, 0.5) is 4.39 Å². The van der Waals surface area contributed by atoms with Crippen molar-refractivity contribution in [3.63, 3.8) is 0 Å². The van der Waals surface area contributed by atoms with Crippen molar-refractivity contribution in [2.45, 2.75) is 63.9 Å². The number of benzene rings is 1. The Morgan fingerprint density at radius 2 is 2.14 bits per heavy atom. The summed E-state index contributed by atoms with van der Waals surface area (Å²) in [5, 5.41) is 13.0. The highest BCUT2D eigenvalue weighted by atomic mass is 19.1. The summed E-state index contributed by atoms with van der Waals surface area (Å²) in [4.78, 5) is 12.1. The molecule has 2 rings (SSSR count). The Bertz CT molecular complexity index is 557. The molecule has 0 spiro atoms. The molecule has 1 amide bonds. The van der Waals surface area contributed by atoms with E-state index in [1.807, 2.05) is 27.7 Å². The summed E-state index contributed by atoms with van der Waals surface area (Å²) in [5.41, 5.74) is -0.344. The molecule has 0 aromatic heterocycles. The molecule has 0 radical (unpaired) electrons. The van der Waals surface area contributed by atoms with Crippen LogP contribution in [0.5, 0.6) is 0 Å². The van der Waals surface area contributed by atoms with Crippen LogP contribution in [0.2, 0.25) is 0 Å². The van der Waals surface area contributed by atoms with Crippen molar-refractivity contribution in [3.8, 4) is 0 Å². The van der Waals surface area contributed by atoms with Gasteiger partial charge in [0.1, 0.15) is 5.82 Å². The lowest BCUT2D eigenvalue weighted by Crippen LogP contribution is -2.46. The van der Waals surface area contributed by atoms with E-state index >= 15 is 0 Å². The first-order chi connectivity index (χ1) is 10.1. The molecular weight excluding hydrogens is 285 g/mol. The van der Waals surface area contributed by atoms with E-state index in [1.165, 1.54) is 18.2 Å². The Balaban J connectivity index is 1.96. The molecular formula is C17H24FNO3. The summed E-state index contributed by atoms with van der Waals surface area (Å²) >= 11 is 0. The largest absolute Gasteiger partial charge is 0.388 e. The lowest BCUT2D eigenvalue weighted by Gasteiger charge is -2.28. The lowest BCUT2D eigenvalue weighted by molar-refractivity contribution is -0.125. The predicted octanol–water partition coefficient (Wildman–Crippen LogP) is 2.71. The monoisotopic (exact) mass is 309 g/mol. The van der Waals surface area contributed by atoms with Gasteiger partial charge in [0.15, 0.2) is 0 Å². The molecule has 22 heavy (non-hydrogen) atoms. The summed E-state index contributed by atoms with van der Waals surface area (Å²) in [6.07, 6.45) is -0.410. The Hall–Kier alpha value is -1.46. The van der Waals surface area contributed by atoms with Crippen LogP contribution in [0, 0.1) is 5.82 Å². The first kappa shape index (κ1) is 16.9. The zero-order chi connectivity index (χ0) is 16.5. The highest BCUT2D eigenvalue weighted by molar-refractivity contribution is 5.77. The standard InChI is InChI=1S/C17H24FNO3/c1-16(2)10-14(17(3,4)22-16)19-15(21)9-13(20)11-6-5-7-12(18)8-11/h5-8,13-14,20H,9-10H2,1-4H3,(H,19,21). The highest BCUT2D eigenvalue weighted by Crippen LogP contribution is 2.37. The Morgan fingerprint density at radius 1 is 1.45 bits per heavy atom. The molecule has 1 aromatic rings. The van der Waals surface area contributed by atoms with Gasteiger partial charge < -0.3 is 15.2 Å². The molecule has 2 unspecified atom stereocenters. The zero-order valence-corrected chi connectivity index (χ0v) is 13.5. The molecule has 1 aromatic carbocycles. The van der Waals surface area contributed by atoms with Gasteiger partial charge in [0, 0.05) is 0 Å². The fraction of sp³-hybridized carbons (Fsp3) is 0.588. The minimum absolute atomic E-state index is 0.101. The van der Waals surface area contributed by atoms with Crippen LogP contribution < -0.4 is 5.32 Å². The minimum Gasteiger partial charge on any atom is -0.388 e. The van der Waals surface area contributed by atoms with Crippen LogP contribution >= 0.6 is 0 Å². The van der Waals surface area contributed by atoms with Crippen molar-refractivity contribution in [3.05, 3.63) is 35.6 Å². The number of carbonyl (C=O) groups is 1. The molecule has 1 aliphatic heterocycles. The number of hydrogen-bond acceptors (Lipinski definition) is 3. The first-order valence-electron chi connectivity index (χ1n) is 7.52. The maximum absolute atomic E-state index is 13.2. The second-order valence-electron chi connectivity index (χ2n) is 7.06. The molecule has 1 saturated heterocycles. The van der Waals surface area contributed by atoms with E-state index < -0.39 is 17.5 Å². The SMILES string of the molecule is CC1(C)CC(NC(=O)CC(O)c2cccc(F)c2)C(C)(C)O1. The van der Waals surface area contributed by atoms with Gasteiger partial charge in [0.2, 0.25) is 5.91 Å². The molecule has 0 bridgehead atoms. The minimum atomic E-state index is -1.02. The molecule has 4 nitrogen and oxygen atoms in total. The van der Waals surface area contributed by atoms with Crippen molar-refractivity contribution in [2.24, 2.45) is 0 Å². The maximum atomic E-state index is 13.2. The van der Waals surface area contributed by atoms with Crippen molar-refractivity contribution in [2.75, 3.05) is 0 Å². The van der Waals surface area contributed by atoms with Crippen LogP contribution in [0.3, 0.4) is 0 Å². The second kappa shape index (κ2) is 5.97. The quantitative estimate of drug-likeness (QED) is 0.899. The number of halogens is 1. The van der Waals surface area contributed by atoms with Crippen molar-refractivity contribution < 1.29 is 19.0 Å². The van der Waals surface area contributed by atoms with Gasteiger partial charge in [-0.2, -0.15) is 0 Å². The van der Waals surface area contributed by atoms with Crippen LogP contribution in [0.1, 0.15) is 52.2 Å². The van der Waals surface area contributed by atoms with Crippen molar-refractivity contribution in [1.29, 1.82) is 0 Å². The summed E-state index contributed by atoms with van der Waals surface area (Å²) in [6.45, 7) is 7.86. The van der Waals surface area contributed by atoms with Gasteiger partial charge >= 0.3 is 0 Å². The smallest absolute Gasteiger partial charge is 0.223 e. The summed E-state index contributed by atoms with van der Waals surface area (Å²) in [7, 11) is 0. The third-order valence-electron chi connectivity index (χ3n) is 4.02. The topological polar surface area (TPSA) is 58.6 Å². The maximum Gasteiger partial charge on any atom is 0.223 e. The fourth-order valence-corrected chi connectivity index (χ4v) is 3.05. The molecule has 2 atom stereocenters. The lowest BCUT2D eigenvalue weighted by atomic mass is 9.94. The molecule has 1 heterocycles. The van der Waals surface area contributed by atoms with Crippen LogP contribution in [0.15, 0.2) is 24.3 Å². The van der Waals surface area contributed by atoms with Crippen molar-refractivity contribution in [1.82, 2.24) is 5.32 Å². The number of rotatable bonds is 4. The third-order valence-corrected chi connectivity index (χ3v) is 4.02. The van der Waals surface area contributed by atoms with Gasteiger partial charge in [-0.05, 0) is 51.8 Å². The molecule has 122 valence electrons. The van der Waals surface area contributed by atoms with Crippen molar-refractivity contribution >= 4 is 5.91 Å². The number of aliphatic hydroxyl groups is 1. The third kappa shape index (κ3) is 4.05. The van der Waals surface area contributed by atoms with E-state index in [4.69, 9.17) is 4.74 Å². The molecule has 5 heteroatoms. The zero-order valence-electron chi connectivity index (χ0n) is 13.5. The van der Waals surface area contributed by atoms with Gasteiger partial charge in [-0.1, -0.05) is 12.1 Å². The normalized spacial score (nSPS) is 24.0. The van der Waals surface area contributed by atoms with Crippen LogP contribution in [0.25, 0.3) is 0 Å². The van der Waals surface area contributed by atoms with E-state index in [-0.39, 0.29) is 24.0 Å². The Labute approximate surface area is 130 Å². The first-order valence-corrected chi connectivity index (χ1v) is 7.52. The molecule has 0 saturated carbocycles. The number of nitrogens with one attached hydrogen (secondary N) is 1. The molecule has 1 fully saturated rings. The second-order valence-corrected chi connectivity index (χ2v) is 7.06. The van der Waals surface area contributed by atoms with Gasteiger partial charge in [0.25, 0.3) is 0 Å². The average molecular weight is 309 g/mol. The number of amides is 1. The Kier molecular flexibility index (Phi) is 4.59. The van der Waals surface area contributed by atoms with E-state index in [9.17, 15) is 14.3 Å². The van der Waals surface area contributed by atoms with Gasteiger partial charge in [-0.3, -0.25) is 4.79 Å². The summed E-state index contributed by atoms with van der Waals surface area (Å²) in [5.74, 6) is -0.694. The number of hydrogen-bond donors (Lipinski definition) is 2. The molecule has 0 aliphatic carbocycles.